The maximum atomic E-state index is 12.4. The predicted molar refractivity (Wildman–Crippen MR) is 62.0 cm³/mol. The minimum absolute atomic E-state index is 0.000903. The lowest BCUT2D eigenvalue weighted by Crippen LogP contribution is -2.25. The topological polar surface area (TPSA) is 59.1 Å². The van der Waals surface area contributed by atoms with E-state index in [2.05, 4.69) is 10.3 Å². The first-order valence-corrected chi connectivity index (χ1v) is 7.11. The van der Waals surface area contributed by atoms with Gasteiger partial charge in [-0.1, -0.05) is 0 Å². The highest BCUT2D eigenvalue weighted by Crippen LogP contribution is 2.29. The summed E-state index contributed by atoms with van der Waals surface area (Å²) in [6.45, 7) is 1.56. The average Bonchev–Trinajstić information content (AvgIpc) is 2.13. The molecule has 1 unspecified atom stereocenters. The highest BCUT2D eigenvalue weighted by molar-refractivity contribution is 7.90. The number of rotatable bonds is 4. The Balaban J connectivity index is 2.80. The third-order valence-corrected chi connectivity index (χ3v) is 3.14. The zero-order valence-corrected chi connectivity index (χ0v) is 10.6. The van der Waals surface area contributed by atoms with Crippen LogP contribution in [0.4, 0.5) is 19.0 Å². The van der Waals surface area contributed by atoms with Crippen molar-refractivity contribution < 1.29 is 21.6 Å². The van der Waals surface area contributed by atoms with Crippen molar-refractivity contribution in [1.82, 2.24) is 4.98 Å². The molecule has 0 aliphatic rings. The van der Waals surface area contributed by atoms with Crippen molar-refractivity contribution in [2.45, 2.75) is 19.1 Å². The van der Waals surface area contributed by atoms with Gasteiger partial charge >= 0.3 is 6.18 Å². The molecule has 102 valence electrons. The molecular weight excluding hydrogens is 269 g/mol. The number of hydrogen-bond donors (Lipinski definition) is 1. The molecule has 0 saturated carbocycles. The van der Waals surface area contributed by atoms with E-state index in [0.717, 1.165) is 24.6 Å². The zero-order chi connectivity index (χ0) is 14.0. The van der Waals surface area contributed by atoms with Gasteiger partial charge < -0.3 is 5.32 Å². The van der Waals surface area contributed by atoms with Crippen LogP contribution in [-0.4, -0.2) is 31.5 Å². The van der Waals surface area contributed by atoms with Gasteiger partial charge in [-0.3, -0.25) is 0 Å². The van der Waals surface area contributed by atoms with E-state index in [4.69, 9.17) is 0 Å². The van der Waals surface area contributed by atoms with Gasteiger partial charge in [0.25, 0.3) is 0 Å². The molecular formula is C10H13F3N2O2S. The highest BCUT2D eigenvalue weighted by atomic mass is 32.2. The SMILES string of the molecule is CC(CS(C)(=O)=O)Nc1cc(C(F)(F)F)ccn1. The summed E-state index contributed by atoms with van der Waals surface area (Å²) in [5, 5.41) is 2.62. The summed E-state index contributed by atoms with van der Waals surface area (Å²) in [7, 11) is -3.19. The number of alkyl halides is 3. The smallest absolute Gasteiger partial charge is 0.367 e. The number of halogens is 3. The largest absolute Gasteiger partial charge is 0.416 e. The Hall–Kier alpha value is -1.31. The molecule has 0 amide bonds. The molecule has 0 spiro atoms. The molecule has 0 fully saturated rings. The van der Waals surface area contributed by atoms with Gasteiger partial charge in [0.1, 0.15) is 15.7 Å². The zero-order valence-electron chi connectivity index (χ0n) is 9.82. The van der Waals surface area contributed by atoms with Gasteiger partial charge in [0.15, 0.2) is 0 Å². The fourth-order valence-electron chi connectivity index (χ4n) is 1.43. The van der Waals surface area contributed by atoms with Crippen LogP contribution in [0.2, 0.25) is 0 Å². The van der Waals surface area contributed by atoms with Crippen molar-refractivity contribution in [3.63, 3.8) is 0 Å². The lowest BCUT2D eigenvalue weighted by molar-refractivity contribution is -0.137. The van der Waals surface area contributed by atoms with Gasteiger partial charge in [-0.15, -0.1) is 0 Å². The predicted octanol–water partition coefficient (Wildman–Crippen LogP) is 1.95. The second-order valence-corrected chi connectivity index (χ2v) is 6.25. The Morgan fingerprint density at radius 3 is 2.56 bits per heavy atom. The lowest BCUT2D eigenvalue weighted by atomic mass is 10.2. The normalized spacial score (nSPS) is 14.3. The summed E-state index contributed by atoms with van der Waals surface area (Å²) < 4.78 is 59.3. The van der Waals surface area contributed by atoms with Gasteiger partial charge in [-0.05, 0) is 19.1 Å². The van der Waals surface area contributed by atoms with Crippen LogP contribution in [0.25, 0.3) is 0 Å². The van der Waals surface area contributed by atoms with Crippen molar-refractivity contribution in [2.75, 3.05) is 17.3 Å². The Morgan fingerprint density at radius 2 is 2.06 bits per heavy atom. The second-order valence-electron chi connectivity index (χ2n) is 4.07. The van der Waals surface area contributed by atoms with E-state index in [1.807, 2.05) is 0 Å². The van der Waals surface area contributed by atoms with Gasteiger partial charge in [0.2, 0.25) is 0 Å². The average molecular weight is 282 g/mol. The fraction of sp³-hybridized carbons (Fsp3) is 0.500. The first-order chi connectivity index (χ1) is 8.08. The first kappa shape index (κ1) is 14.7. The molecule has 8 heteroatoms. The van der Waals surface area contributed by atoms with Crippen molar-refractivity contribution in [3.8, 4) is 0 Å². The van der Waals surface area contributed by atoms with E-state index in [1.165, 1.54) is 0 Å². The monoisotopic (exact) mass is 282 g/mol. The lowest BCUT2D eigenvalue weighted by Gasteiger charge is -2.14. The Labute approximate surface area is 103 Å². The van der Waals surface area contributed by atoms with Crippen LogP contribution in [0.15, 0.2) is 18.3 Å². The van der Waals surface area contributed by atoms with E-state index in [-0.39, 0.29) is 11.6 Å². The maximum Gasteiger partial charge on any atom is 0.416 e. The van der Waals surface area contributed by atoms with Crippen molar-refractivity contribution >= 4 is 15.7 Å². The molecule has 0 aliphatic carbocycles. The molecule has 1 rings (SSSR count). The summed E-state index contributed by atoms with van der Waals surface area (Å²) in [6, 6.07) is 1.18. The number of sulfone groups is 1. The third-order valence-electron chi connectivity index (χ3n) is 2.03. The standard InChI is InChI=1S/C10H13F3N2O2S/c1-7(6-18(2,16)17)15-9-5-8(3-4-14-9)10(11,12)13/h3-5,7H,6H2,1-2H3,(H,14,15). The molecule has 0 bridgehead atoms. The number of nitrogens with zero attached hydrogens (tertiary/aromatic N) is 1. The van der Waals surface area contributed by atoms with Crippen LogP contribution in [0.1, 0.15) is 12.5 Å². The van der Waals surface area contributed by atoms with E-state index < -0.39 is 27.6 Å². The number of nitrogens with one attached hydrogen (secondary N) is 1. The van der Waals surface area contributed by atoms with Crippen LogP contribution >= 0.6 is 0 Å². The molecule has 1 heterocycles. The molecule has 1 atom stereocenters. The Morgan fingerprint density at radius 1 is 1.44 bits per heavy atom. The molecule has 18 heavy (non-hydrogen) atoms. The number of pyridine rings is 1. The Kier molecular flexibility index (Phi) is 4.20. The van der Waals surface area contributed by atoms with Crippen LogP contribution in [0, 0.1) is 0 Å². The number of hydrogen-bond acceptors (Lipinski definition) is 4. The van der Waals surface area contributed by atoms with Crippen molar-refractivity contribution in [1.29, 1.82) is 0 Å². The third kappa shape index (κ3) is 4.91. The summed E-state index contributed by atoms with van der Waals surface area (Å²) in [6.07, 6.45) is -2.36. The van der Waals surface area contributed by atoms with E-state index in [1.54, 1.807) is 6.92 Å². The first-order valence-electron chi connectivity index (χ1n) is 5.05. The van der Waals surface area contributed by atoms with E-state index >= 15 is 0 Å². The van der Waals surface area contributed by atoms with Crippen LogP contribution in [0.3, 0.4) is 0 Å². The van der Waals surface area contributed by atoms with E-state index in [9.17, 15) is 21.6 Å². The van der Waals surface area contributed by atoms with Crippen LogP contribution in [0.5, 0.6) is 0 Å². The van der Waals surface area contributed by atoms with Crippen molar-refractivity contribution in [2.24, 2.45) is 0 Å². The summed E-state index contributed by atoms with van der Waals surface area (Å²) in [4.78, 5) is 3.72. The molecule has 1 aromatic heterocycles. The van der Waals surface area contributed by atoms with Gasteiger partial charge in [-0.25, -0.2) is 13.4 Å². The second kappa shape index (κ2) is 5.13. The quantitative estimate of drug-likeness (QED) is 0.917. The van der Waals surface area contributed by atoms with Gasteiger partial charge in [-0.2, -0.15) is 13.2 Å². The van der Waals surface area contributed by atoms with Crippen LogP contribution in [-0.2, 0) is 16.0 Å². The fourth-order valence-corrected chi connectivity index (χ4v) is 2.43. The number of anilines is 1. The highest BCUT2D eigenvalue weighted by Gasteiger charge is 2.30. The minimum atomic E-state index is -4.44. The summed E-state index contributed by atoms with van der Waals surface area (Å²) in [5.41, 5.74) is -0.827. The van der Waals surface area contributed by atoms with Crippen LogP contribution < -0.4 is 5.32 Å². The summed E-state index contributed by atoms with van der Waals surface area (Å²) in [5.74, 6) is -0.175. The maximum absolute atomic E-state index is 12.4. The van der Waals surface area contributed by atoms with Gasteiger partial charge in [0, 0.05) is 18.5 Å². The van der Waals surface area contributed by atoms with Crippen molar-refractivity contribution in [3.05, 3.63) is 23.9 Å². The molecule has 0 saturated heterocycles. The molecule has 4 nitrogen and oxygen atoms in total. The number of aromatic nitrogens is 1. The minimum Gasteiger partial charge on any atom is -0.367 e. The molecule has 1 N–H and O–H groups in total. The molecule has 1 aromatic rings. The Bertz CT molecular complexity index is 514. The molecule has 0 aromatic carbocycles. The molecule has 0 aliphatic heterocycles. The molecule has 0 radical (unpaired) electrons. The van der Waals surface area contributed by atoms with E-state index in [0.29, 0.717) is 0 Å². The van der Waals surface area contributed by atoms with Gasteiger partial charge in [0.05, 0.1) is 11.3 Å². The summed E-state index contributed by atoms with van der Waals surface area (Å²) >= 11 is 0.